The molecule has 17 heavy (non-hydrogen) atoms. The molecule has 1 atom stereocenters. The molecule has 1 aliphatic carbocycles. The van der Waals surface area contributed by atoms with Gasteiger partial charge in [-0.2, -0.15) is 0 Å². The number of rotatable bonds is 6. The van der Waals surface area contributed by atoms with Crippen LogP contribution in [0, 0.1) is 0 Å². The first-order valence-electron chi connectivity index (χ1n) is 6.33. The predicted molar refractivity (Wildman–Crippen MR) is 76.1 cm³/mol. The van der Waals surface area contributed by atoms with Gasteiger partial charge in [0, 0.05) is 29.6 Å². The Morgan fingerprint density at radius 1 is 1.35 bits per heavy atom. The van der Waals surface area contributed by atoms with Gasteiger partial charge in [-0.05, 0) is 44.5 Å². The highest BCUT2D eigenvalue weighted by Crippen LogP contribution is 2.18. The molecule has 0 radical (unpaired) electrons. The Kier molecular flexibility index (Phi) is 4.60. The van der Waals surface area contributed by atoms with Crippen LogP contribution in [0.25, 0.3) is 0 Å². The summed E-state index contributed by atoms with van der Waals surface area (Å²) in [4.78, 5) is 2.40. The molecule has 1 aromatic rings. The average Bonchev–Trinajstić information content (AvgIpc) is 3.13. The summed E-state index contributed by atoms with van der Waals surface area (Å²) in [5.74, 6) is 0. The highest BCUT2D eigenvalue weighted by Gasteiger charge is 2.21. The molecule has 1 fully saturated rings. The van der Waals surface area contributed by atoms with E-state index in [0.717, 1.165) is 23.6 Å². The summed E-state index contributed by atoms with van der Waals surface area (Å²) in [7, 11) is 2.20. The second kappa shape index (κ2) is 5.98. The maximum atomic E-state index is 3.58. The summed E-state index contributed by atoms with van der Waals surface area (Å²) in [5.41, 5.74) is 1.37. The third kappa shape index (κ3) is 4.41. The zero-order valence-electron chi connectivity index (χ0n) is 10.6. The molecular weight excluding hydrogens is 276 g/mol. The summed E-state index contributed by atoms with van der Waals surface area (Å²) in [5, 5.41) is 3.58. The number of nitrogens with zero attached hydrogens (tertiary/aromatic N) is 1. The van der Waals surface area contributed by atoms with Gasteiger partial charge in [-0.1, -0.05) is 28.1 Å². The predicted octanol–water partition coefficient (Wildman–Crippen LogP) is 3.02. The largest absolute Gasteiger partial charge is 0.312 e. The summed E-state index contributed by atoms with van der Waals surface area (Å²) in [6.07, 6.45) is 2.73. The lowest BCUT2D eigenvalue weighted by Crippen LogP contribution is -2.38. The van der Waals surface area contributed by atoms with Crippen molar-refractivity contribution >= 4 is 15.9 Å². The van der Waals surface area contributed by atoms with Gasteiger partial charge in [0.05, 0.1) is 0 Å². The van der Waals surface area contributed by atoms with E-state index >= 15 is 0 Å². The second-order valence-electron chi connectivity index (χ2n) is 5.07. The topological polar surface area (TPSA) is 15.3 Å². The lowest BCUT2D eigenvalue weighted by Gasteiger charge is -2.25. The zero-order valence-corrected chi connectivity index (χ0v) is 12.2. The van der Waals surface area contributed by atoms with Crippen molar-refractivity contribution in [2.75, 3.05) is 13.6 Å². The molecule has 2 nitrogen and oxygen atoms in total. The molecular formula is C14H21BrN2. The molecule has 1 aromatic carbocycles. The highest BCUT2D eigenvalue weighted by atomic mass is 79.9. The van der Waals surface area contributed by atoms with Gasteiger partial charge >= 0.3 is 0 Å². The van der Waals surface area contributed by atoms with Gasteiger partial charge in [-0.15, -0.1) is 0 Å². The Morgan fingerprint density at radius 3 is 2.59 bits per heavy atom. The average molecular weight is 297 g/mol. The molecule has 1 unspecified atom stereocenters. The first-order valence-corrected chi connectivity index (χ1v) is 7.12. The fourth-order valence-corrected chi connectivity index (χ4v) is 2.08. The van der Waals surface area contributed by atoms with E-state index in [4.69, 9.17) is 0 Å². The van der Waals surface area contributed by atoms with Gasteiger partial charge in [-0.25, -0.2) is 0 Å². The van der Waals surface area contributed by atoms with Gasteiger partial charge in [0.25, 0.3) is 0 Å². The van der Waals surface area contributed by atoms with Crippen LogP contribution in [-0.4, -0.2) is 30.6 Å². The number of halogens is 1. The fraction of sp³-hybridized carbons (Fsp3) is 0.571. The van der Waals surface area contributed by atoms with Crippen molar-refractivity contribution in [2.24, 2.45) is 0 Å². The van der Waals surface area contributed by atoms with E-state index in [1.165, 1.54) is 18.4 Å². The van der Waals surface area contributed by atoms with E-state index in [0.29, 0.717) is 6.04 Å². The first kappa shape index (κ1) is 13.1. The van der Waals surface area contributed by atoms with Crippen LogP contribution in [0.1, 0.15) is 25.3 Å². The zero-order chi connectivity index (χ0) is 12.3. The minimum Gasteiger partial charge on any atom is -0.312 e. The normalized spacial score (nSPS) is 17.4. The number of nitrogens with one attached hydrogen (secondary N) is 1. The van der Waals surface area contributed by atoms with Gasteiger partial charge < -0.3 is 5.32 Å². The van der Waals surface area contributed by atoms with Crippen molar-refractivity contribution < 1.29 is 0 Å². The molecule has 94 valence electrons. The molecule has 0 aromatic heterocycles. The molecule has 1 saturated carbocycles. The Labute approximate surface area is 113 Å². The SMILES string of the molecule is CC(CNC1CC1)N(C)Cc1ccc(Br)cc1. The van der Waals surface area contributed by atoms with Crippen molar-refractivity contribution in [3.8, 4) is 0 Å². The number of likely N-dealkylation sites (N-methyl/N-ethyl adjacent to an activating group) is 1. The van der Waals surface area contributed by atoms with Crippen molar-refractivity contribution in [2.45, 2.75) is 38.4 Å². The third-order valence-corrected chi connectivity index (χ3v) is 3.91. The van der Waals surface area contributed by atoms with Gasteiger partial charge in [0.2, 0.25) is 0 Å². The van der Waals surface area contributed by atoms with Crippen LogP contribution < -0.4 is 5.32 Å². The molecule has 0 heterocycles. The van der Waals surface area contributed by atoms with E-state index in [9.17, 15) is 0 Å². The van der Waals surface area contributed by atoms with Crippen molar-refractivity contribution in [3.05, 3.63) is 34.3 Å². The first-order chi connectivity index (χ1) is 8.15. The van der Waals surface area contributed by atoms with Crippen molar-refractivity contribution in [1.82, 2.24) is 10.2 Å². The summed E-state index contributed by atoms with van der Waals surface area (Å²) in [6, 6.07) is 9.97. The quantitative estimate of drug-likeness (QED) is 0.868. The summed E-state index contributed by atoms with van der Waals surface area (Å²) < 4.78 is 1.15. The molecule has 0 aliphatic heterocycles. The van der Waals surface area contributed by atoms with Gasteiger partial charge in [-0.3, -0.25) is 4.90 Å². The maximum Gasteiger partial charge on any atom is 0.0234 e. The molecule has 0 amide bonds. The van der Waals surface area contributed by atoms with Crippen molar-refractivity contribution in [3.63, 3.8) is 0 Å². The molecule has 0 bridgehead atoms. The van der Waals surface area contributed by atoms with E-state index in [1.54, 1.807) is 0 Å². The highest BCUT2D eigenvalue weighted by molar-refractivity contribution is 9.10. The van der Waals surface area contributed by atoms with Crippen LogP contribution in [0.5, 0.6) is 0 Å². The standard InChI is InChI=1S/C14H21BrN2/c1-11(9-16-14-7-8-14)17(2)10-12-3-5-13(15)6-4-12/h3-6,11,14,16H,7-10H2,1-2H3. The number of benzene rings is 1. The van der Waals surface area contributed by atoms with Crippen LogP contribution in [0.3, 0.4) is 0 Å². The van der Waals surface area contributed by atoms with Crippen LogP contribution >= 0.6 is 15.9 Å². The van der Waals surface area contributed by atoms with Crippen LogP contribution in [0.4, 0.5) is 0 Å². The van der Waals surface area contributed by atoms with Crippen molar-refractivity contribution in [1.29, 1.82) is 0 Å². The molecule has 0 spiro atoms. The fourth-order valence-electron chi connectivity index (χ4n) is 1.81. The smallest absolute Gasteiger partial charge is 0.0234 e. The second-order valence-corrected chi connectivity index (χ2v) is 5.99. The number of hydrogen-bond acceptors (Lipinski definition) is 2. The molecule has 2 rings (SSSR count). The van der Waals surface area contributed by atoms with Crippen LogP contribution in [0.15, 0.2) is 28.7 Å². The Balaban J connectivity index is 1.78. The maximum absolute atomic E-state index is 3.58. The minimum absolute atomic E-state index is 0.583. The Bertz CT molecular complexity index is 346. The molecule has 1 aliphatic rings. The molecule has 0 saturated heterocycles. The Hall–Kier alpha value is -0.380. The molecule has 1 N–H and O–H groups in total. The van der Waals surface area contributed by atoms with E-state index < -0.39 is 0 Å². The van der Waals surface area contributed by atoms with Crippen LogP contribution in [-0.2, 0) is 6.54 Å². The van der Waals surface area contributed by atoms with E-state index in [2.05, 4.69) is 64.4 Å². The minimum atomic E-state index is 0.583. The third-order valence-electron chi connectivity index (χ3n) is 3.38. The van der Waals surface area contributed by atoms with Crippen LogP contribution in [0.2, 0.25) is 0 Å². The Morgan fingerprint density at radius 2 is 2.00 bits per heavy atom. The monoisotopic (exact) mass is 296 g/mol. The lowest BCUT2D eigenvalue weighted by molar-refractivity contribution is 0.242. The van der Waals surface area contributed by atoms with Gasteiger partial charge in [0.15, 0.2) is 0 Å². The number of hydrogen-bond donors (Lipinski definition) is 1. The molecule has 3 heteroatoms. The van der Waals surface area contributed by atoms with Gasteiger partial charge in [0.1, 0.15) is 0 Å². The summed E-state index contributed by atoms with van der Waals surface area (Å²) >= 11 is 3.46. The lowest BCUT2D eigenvalue weighted by atomic mass is 10.2. The summed E-state index contributed by atoms with van der Waals surface area (Å²) in [6.45, 7) is 4.40. The van der Waals surface area contributed by atoms with E-state index in [-0.39, 0.29) is 0 Å². The van der Waals surface area contributed by atoms with E-state index in [1.807, 2.05) is 0 Å².